The van der Waals surface area contributed by atoms with Crippen LogP contribution in [0.3, 0.4) is 0 Å². The average molecular weight is 390 g/mol. The van der Waals surface area contributed by atoms with Crippen LogP contribution >= 0.6 is 11.3 Å². The first-order chi connectivity index (χ1) is 13.2. The van der Waals surface area contributed by atoms with Crippen LogP contribution in [-0.2, 0) is 16.0 Å². The fraction of sp³-hybridized carbons (Fsp3) is 0.389. The van der Waals surface area contributed by atoms with Crippen LogP contribution in [0.15, 0.2) is 28.7 Å². The Bertz CT molecular complexity index is 802. The smallest absolute Gasteiger partial charge is 0.246 e. The van der Waals surface area contributed by atoms with Crippen LogP contribution in [0.2, 0.25) is 0 Å². The Morgan fingerprint density at radius 1 is 1.33 bits per heavy atom. The van der Waals surface area contributed by atoms with Crippen molar-refractivity contribution >= 4 is 28.6 Å². The number of ether oxygens (including phenoxy) is 3. The van der Waals surface area contributed by atoms with Crippen LogP contribution in [0, 0.1) is 0 Å². The number of carbonyl (C=O) groups excluding carboxylic acids is 1. The van der Waals surface area contributed by atoms with Gasteiger partial charge in [-0.1, -0.05) is 0 Å². The second-order valence-electron chi connectivity index (χ2n) is 5.81. The van der Waals surface area contributed by atoms with E-state index >= 15 is 0 Å². The predicted molar refractivity (Wildman–Crippen MR) is 104 cm³/mol. The van der Waals surface area contributed by atoms with E-state index in [4.69, 9.17) is 14.2 Å². The standard InChI is InChI=1S/C18H22N4O4S/c1-24-15-4-3-13(9-16(15)25-2)11-19-21-17(23)10-14-12-27-18(20-14)22-5-7-26-8-6-22/h3-4,9,11-12H,5-8,10H2,1-2H3,(H,21,23)/b19-11-. The van der Waals surface area contributed by atoms with E-state index in [-0.39, 0.29) is 12.3 Å². The number of hydrogen-bond donors (Lipinski definition) is 1. The molecule has 0 saturated carbocycles. The Morgan fingerprint density at radius 2 is 2.11 bits per heavy atom. The van der Waals surface area contributed by atoms with E-state index in [1.807, 2.05) is 11.4 Å². The number of carbonyl (C=O) groups is 1. The molecule has 2 aromatic rings. The highest BCUT2D eigenvalue weighted by Gasteiger charge is 2.15. The minimum atomic E-state index is -0.217. The summed E-state index contributed by atoms with van der Waals surface area (Å²) in [5.41, 5.74) is 4.05. The quantitative estimate of drug-likeness (QED) is 0.572. The molecule has 144 valence electrons. The summed E-state index contributed by atoms with van der Waals surface area (Å²) in [6.07, 6.45) is 1.74. The molecule has 3 rings (SSSR count). The molecular weight excluding hydrogens is 368 g/mol. The molecule has 0 unspecified atom stereocenters. The van der Waals surface area contributed by atoms with Crippen LogP contribution in [-0.4, -0.2) is 57.6 Å². The number of hydrazone groups is 1. The van der Waals surface area contributed by atoms with Gasteiger partial charge in [0.2, 0.25) is 5.91 Å². The number of thiazole rings is 1. The monoisotopic (exact) mass is 390 g/mol. The molecule has 1 aliphatic rings. The van der Waals surface area contributed by atoms with Crippen molar-refractivity contribution in [2.75, 3.05) is 45.4 Å². The zero-order valence-corrected chi connectivity index (χ0v) is 16.1. The number of morpholine rings is 1. The van der Waals surface area contributed by atoms with Crippen LogP contribution in [0.25, 0.3) is 0 Å². The second kappa shape index (κ2) is 9.33. The summed E-state index contributed by atoms with van der Waals surface area (Å²) in [5.74, 6) is 1.02. The van der Waals surface area contributed by atoms with Crippen molar-refractivity contribution in [2.24, 2.45) is 5.10 Å². The summed E-state index contributed by atoms with van der Waals surface area (Å²) in [6.45, 7) is 3.07. The van der Waals surface area contributed by atoms with Crippen molar-refractivity contribution in [3.05, 3.63) is 34.8 Å². The van der Waals surface area contributed by atoms with Crippen LogP contribution in [0.1, 0.15) is 11.3 Å². The molecule has 8 nitrogen and oxygen atoms in total. The molecule has 0 spiro atoms. The van der Waals surface area contributed by atoms with Gasteiger partial charge in [0.05, 0.1) is 45.8 Å². The first-order valence-electron chi connectivity index (χ1n) is 8.50. The number of anilines is 1. The minimum absolute atomic E-state index is 0.185. The van der Waals surface area contributed by atoms with Gasteiger partial charge in [0, 0.05) is 18.5 Å². The van der Waals surface area contributed by atoms with Gasteiger partial charge < -0.3 is 19.1 Å². The molecule has 1 N–H and O–H groups in total. The van der Waals surface area contributed by atoms with Crippen LogP contribution < -0.4 is 19.8 Å². The van der Waals surface area contributed by atoms with Crippen molar-refractivity contribution < 1.29 is 19.0 Å². The van der Waals surface area contributed by atoms with Gasteiger partial charge in [-0.25, -0.2) is 10.4 Å². The molecule has 0 radical (unpaired) electrons. The summed E-state index contributed by atoms with van der Waals surface area (Å²) in [7, 11) is 3.15. The van der Waals surface area contributed by atoms with Gasteiger partial charge >= 0.3 is 0 Å². The fourth-order valence-electron chi connectivity index (χ4n) is 2.59. The first kappa shape index (κ1) is 19.1. The summed E-state index contributed by atoms with van der Waals surface area (Å²) in [4.78, 5) is 18.8. The Balaban J connectivity index is 1.52. The maximum Gasteiger partial charge on any atom is 0.246 e. The Morgan fingerprint density at radius 3 is 2.85 bits per heavy atom. The van der Waals surface area contributed by atoms with E-state index in [0.717, 1.165) is 29.5 Å². The van der Waals surface area contributed by atoms with Gasteiger partial charge in [0.15, 0.2) is 16.6 Å². The van der Waals surface area contributed by atoms with Gasteiger partial charge in [-0.2, -0.15) is 5.10 Å². The van der Waals surface area contributed by atoms with E-state index in [0.29, 0.717) is 24.7 Å². The van der Waals surface area contributed by atoms with Gasteiger partial charge in [-0.3, -0.25) is 4.79 Å². The third-order valence-corrected chi connectivity index (χ3v) is 4.92. The lowest BCUT2D eigenvalue weighted by atomic mass is 10.2. The van der Waals surface area contributed by atoms with Crippen molar-refractivity contribution in [1.29, 1.82) is 0 Å². The first-order valence-corrected chi connectivity index (χ1v) is 9.38. The maximum atomic E-state index is 12.1. The number of rotatable bonds is 7. The van der Waals surface area contributed by atoms with E-state index in [1.54, 1.807) is 43.9 Å². The summed E-state index contributed by atoms with van der Waals surface area (Å²) >= 11 is 1.54. The van der Waals surface area contributed by atoms with Crippen LogP contribution in [0.4, 0.5) is 5.13 Å². The fourth-order valence-corrected chi connectivity index (χ4v) is 3.47. The highest BCUT2D eigenvalue weighted by atomic mass is 32.1. The van der Waals surface area contributed by atoms with E-state index in [2.05, 4.69) is 20.4 Å². The molecule has 9 heteroatoms. The number of nitrogens with one attached hydrogen (secondary N) is 1. The molecule has 1 aromatic heterocycles. The van der Waals surface area contributed by atoms with Crippen LogP contribution in [0.5, 0.6) is 11.5 Å². The predicted octanol–water partition coefficient (Wildman–Crippen LogP) is 1.69. The maximum absolute atomic E-state index is 12.1. The molecule has 0 aliphatic carbocycles. The zero-order chi connectivity index (χ0) is 19.1. The second-order valence-corrected chi connectivity index (χ2v) is 6.64. The lowest BCUT2D eigenvalue weighted by molar-refractivity contribution is -0.120. The molecule has 27 heavy (non-hydrogen) atoms. The molecule has 1 aromatic carbocycles. The lowest BCUT2D eigenvalue weighted by Gasteiger charge is -2.26. The Kier molecular flexibility index (Phi) is 6.61. The number of amides is 1. The topological polar surface area (TPSA) is 85.3 Å². The van der Waals surface area contributed by atoms with Gasteiger partial charge in [0.25, 0.3) is 0 Å². The zero-order valence-electron chi connectivity index (χ0n) is 15.3. The SMILES string of the molecule is COc1ccc(/C=N\NC(=O)Cc2csc(N3CCOCC3)n2)cc1OC. The van der Waals surface area contributed by atoms with E-state index in [9.17, 15) is 4.79 Å². The molecule has 0 bridgehead atoms. The molecule has 1 fully saturated rings. The van der Waals surface area contributed by atoms with Crippen molar-refractivity contribution in [1.82, 2.24) is 10.4 Å². The summed E-state index contributed by atoms with van der Waals surface area (Å²) in [5, 5.41) is 6.82. The minimum Gasteiger partial charge on any atom is -0.493 e. The van der Waals surface area contributed by atoms with E-state index < -0.39 is 0 Å². The number of methoxy groups -OCH3 is 2. The van der Waals surface area contributed by atoms with Gasteiger partial charge in [0.1, 0.15) is 0 Å². The molecule has 0 atom stereocenters. The Labute approximate surface area is 161 Å². The third kappa shape index (κ3) is 5.18. The average Bonchev–Trinajstić information content (AvgIpc) is 3.17. The number of benzene rings is 1. The van der Waals surface area contributed by atoms with Crippen molar-refractivity contribution in [3.63, 3.8) is 0 Å². The van der Waals surface area contributed by atoms with Crippen molar-refractivity contribution in [3.8, 4) is 11.5 Å². The molecular formula is C18H22N4O4S. The molecule has 1 amide bonds. The highest BCUT2D eigenvalue weighted by molar-refractivity contribution is 7.13. The van der Waals surface area contributed by atoms with Gasteiger partial charge in [-0.05, 0) is 23.8 Å². The Hall–Kier alpha value is -2.65. The summed E-state index contributed by atoms with van der Waals surface area (Å²) < 4.78 is 15.8. The molecule has 1 aliphatic heterocycles. The normalized spacial score (nSPS) is 14.4. The number of hydrogen-bond acceptors (Lipinski definition) is 8. The highest BCUT2D eigenvalue weighted by Crippen LogP contribution is 2.26. The third-order valence-electron chi connectivity index (χ3n) is 3.97. The van der Waals surface area contributed by atoms with Gasteiger partial charge in [-0.15, -0.1) is 11.3 Å². The lowest BCUT2D eigenvalue weighted by Crippen LogP contribution is -2.36. The number of nitrogens with zero attached hydrogens (tertiary/aromatic N) is 3. The summed E-state index contributed by atoms with van der Waals surface area (Å²) in [6, 6.07) is 5.39. The number of aromatic nitrogens is 1. The largest absolute Gasteiger partial charge is 0.493 e. The van der Waals surface area contributed by atoms with E-state index in [1.165, 1.54) is 0 Å². The van der Waals surface area contributed by atoms with Crippen molar-refractivity contribution in [2.45, 2.75) is 6.42 Å². The molecule has 2 heterocycles. The molecule has 1 saturated heterocycles.